The van der Waals surface area contributed by atoms with E-state index in [-0.39, 0.29) is 11.3 Å². The first-order valence-electron chi connectivity index (χ1n) is 8.77. The molecular weight excluding hydrogens is 298 g/mol. The number of hydrogen-bond acceptors (Lipinski definition) is 2. The lowest BCUT2D eigenvalue weighted by Gasteiger charge is -2.24. The Morgan fingerprint density at radius 2 is 1.83 bits per heavy atom. The molecule has 1 unspecified atom stereocenters. The van der Waals surface area contributed by atoms with Crippen LogP contribution in [-0.4, -0.2) is 25.0 Å². The minimum absolute atomic E-state index is 0.0465. The van der Waals surface area contributed by atoms with E-state index in [0.717, 1.165) is 24.3 Å². The third-order valence-corrected chi connectivity index (χ3v) is 4.81. The molecule has 0 radical (unpaired) electrons. The van der Waals surface area contributed by atoms with Crippen molar-refractivity contribution in [2.45, 2.75) is 58.0 Å². The van der Waals surface area contributed by atoms with Crippen LogP contribution < -0.4 is 10.2 Å². The van der Waals surface area contributed by atoms with Gasteiger partial charge >= 0.3 is 0 Å². The molecule has 4 nitrogen and oxygen atoms in total. The molecule has 24 heavy (non-hydrogen) atoms. The minimum atomic E-state index is -0.703. The Balaban J connectivity index is 1.87. The Hall–Kier alpha value is -1.86. The summed E-state index contributed by atoms with van der Waals surface area (Å²) in [5.41, 5.74) is 1.99. The monoisotopic (exact) mass is 328 g/mol. The predicted molar refractivity (Wildman–Crippen MR) is 95.5 cm³/mol. The molecule has 0 heterocycles. The highest BCUT2D eigenvalue weighted by molar-refractivity contribution is 5.78. The van der Waals surface area contributed by atoms with Crippen molar-refractivity contribution >= 4 is 5.91 Å². The Bertz CT molecular complexity index is 620. The van der Waals surface area contributed by atoms with E-state index >= 15 is 0 Å². The molecule has 1 saturated carbocycles. The molecule has 4 heteroatoms. The van der Waals surface area contributed by atoms with Crippen molar-refractivity contribution < 1.29 is 9.69 Å². The average Bonchev–Trinajstić information content (AvgIpc) is 3.31. The molecule has 2 N–H and O–H groups in total. The maximum atomic E-state index is 12.3. The number of likely N-dealkylation sites (N-methyl/N-ethyl adjacent to an activating group) is 1. The summed E-state index contributed by atoms with van der Waals surface area (Å²) in [7, 11) is 2.01. The molecule has 0 saturated heterocycles. The van der Waals surface area contributed by atoms with E-state index in [1.54, 1.807) is 0 Å². The van der Waals surface area contributed by atoms with Gasteiger partial charge in [0.15, 0.2) is 6.54 Å². The van der Waals surface area contributed by atoms with Crippen molar-refractivity contribution in [2.24, 2.45) is 5.92 Å². The Morgan fingerprint density at radius 1 is 1.25 bits per heavy atom. The zero-order valence-corrected chi connectivity index (χ0v) is 15.6. The molecule has 2 atom stereocenters. The van der Waals surface area contributed by atoms with Gasteiger partial charge < -0.3 is 10.2 Å². The van der Waals surface area contributed by atoms with Crippen LogP contribution in [0.4, 0.5) is 0 Å². The summed E-state index contributed by atoms with van der Waals surface area (Å²) in [4.78, 5) is 13.4. The van der Waals surface area contributed by atoms with E-state index in [2.05, 4.69) is 56.4 Å². The topological polar surface area (TPSA) is 57.3 Å². The number of carbonyl (C=O) groups excluding carboxylic acids is 1. The summed E-state index contributed by atoms with van der Waals surface area (Å²) in [6, 6.07) is 10.9. The number of carbonyl (C=O) groups is 1. The van der Waals surface area contributed by atoms with Gasteiger partial charge in [-0.3, -0.25) is 4.79 Å². The number of nitrogens with one attached hydrogen (secondary N) is 2. The third kappa shape index (κ3) is 4.82. The minimum Gasteiger partial charge on any atom is -0.333 e. The summed E-state index contributed by atoms with van der Waals surface area (Å²) in [5, 5.41) is 12.3. The summed E-state index contributed by atoms with van der Waals surface area (Å²) in [6.45, 7) is 9.63. The van der Waals surface area contributed by atoms with Gasteiger partial charge in [0.05, 0.1) is 13.1 Å². The first-order chi connectivity index (χ1) is 11.1. The lowest BCUT2D eigenvalue weighted by Crippen LogP contribution is -3.09. The van der Waals surface area contributed by atoms with Gasteiger partial charge in [0.25, 0.3) is 5.91 Å². The second kappa shape index (κ2) is 6.94. The highest BCUT2D eigenvalue weighted by Crippen LogP contribution is 2.39. The van der Waals surface area contributed by atoms with E-state index in [9.17, 15) is 10.1 Å². The first-order valence-corrected chi connectivity index (χ1v) is 8.77. The average molecular weight is 328 g/mol. The fraction of sp³-hybridized carbons (Fsp3) is 0.600. The zero-order valence-electron chi connectivity index (χ0n) is 15.6. The summed E-state index contributed by atoms with van der Waals surface area (Å²) in [6.07, 6.45) is 2.07. The van der Waals surface area contributed by atoms with Crippen molar-refractivity contribution in [1.29, 1.82) is 5.26 Å². The normalized spacial score (nSPS) is 18.3. The van der Waals surface area contributed by atoms with E-state index in [1.165, 1.54) is 11.1 Å². The van der Waals surface area contributed by atoms with Crippen LogP contribution in [0.3, 0.4) is 0 Å². The number of hydrogen-bond donors (Lipinski definition) is 2. The number of quaternary nitrogens is 1. The predicted octanol–water partition coefficient (Wildman–Crippen LogP) is 1.81. The van der Waals surface area contributed by atoms with E-state index in [0.29, 0.717) is 12.5 Å². The molecule has 1 fully saturated rings. The molecule has 1 aliphatic carbocycles. The van der Waals surface area contributed by atoms with Crippen LogP contribution in [-0.2, 0) is 16.8 Å². The number of amides is 1. The fourth-order valence-electron chi connectivity index (χ4n) is 3.02. The van der Waals surface area contributed by atoms with E-state index in [1.807, 2.05) is 14.0 Å². The lowest BCUT2D eigenvalue weighted by atomic mass is 9.87. The summed E-state index contributed by atoms with van der Waals surface area (Å²) in [5.74, 6) is 0.270. The van der Waals surface area contributed by atoms with Crippen molar-refractivity contribution in [1.82, 2.24) is 5.32 Å². The van der Waals surface area contributed by atoms with Gasteiger partial charge in [-0.15, -0.1) is 0 Å². The van der Waals surface area contributed by atoms with Crippen LogP contribution in [0.25, 0.3) is 0 Å². The van der Waals surface area contributed by atoms with Crippen molar-refractivity contribution in [3.05, 3.63) is 35.4 Å². The van der Waals surface area contributed by atoms with Crippen LogP contribution in [0.5, 0.6) is 0 Å². The third-order valence-electron chi connectivity index (χ3n) is 4.81. The molecule has 130 valence electrons. The lowest BCUT2D eigenvalue weighted by molar-refractivity contribution is -0.885. The molecule has 0 aliphatic heterocycles. The first kappa shape index (κ1) is 18.5. The van der Waals surface area contributed by atoms with Gasteiger partial charge in [-0.2, -0.15) is 5.26 Å². The maximum absolute atomic E-state index is 12.3. The zero-order chi connectivity index (χ0) is 18.0. The number of nitriles is 1. The quantitative estimate of drug-likeness (QED) is 0.837. The maximum Gasteiger partial charge on any atom is 0.276 e. The number of rotatable bonds is 6. The number of nitrogens with zero attached hydrogens (tertiary/aromatic N) is 1. The van der Waals surface area contributed by atoms with E-state index < -0.39 is 5.54 Å². The van der Waals surface area contributed by atoms with Gasteiger partial charge in [-0.1, -0.05) is 45.0 Å². The second-order valence-electron chi connectivity index (χ2n) is 8.39. The van der Waals surface area contributed by atoms with Gasteiger partial charge in [-0.05, 0) is 36.7 Å². The van der Waals surface area contributed by atoms with Crippen molar-refractivity contribution in [3.8, 4) is 6.07 Å². The SMILES string of the molecule is C[NH+](CC(=O)N[C@](C)(C#N)C1CC1)Cc1ccc(C(C)(C)C)cc1. The molecular formula is C20H30N3O+. The molecule has 0 aromatic heterocycles. The largest absolute Gasteiger partial charge is 0.333 e. The van der Waals surface area contributed by atoms with E-state index in [4.69, 9.17) is 0 Å². The Morgan fingerprint density at radius 3 is 2.29 bits per heavy atom. The second-order valence-corrected chi connectivity index (χ2v) is 8.39. The van der Waals surface area contributed by atoms with Crippen LogP contribution in [0.1, 0.15) is 51.7 Å². The van der Waals surface area contributed by atoms with Crippen LogP contribution >= 0.6 is 0 Å². The molecule has 1 aromatic rings. The van der Waals surface area contributed by atoms with Crippen molar-refractivity contribution in [3.63, 3.8) is 0 Å². The highest BCUT2D eigenvalue weighted by Gasteiger charge is 2.43. The van der Waals surface area contributed by atoms with Gasteiger partial charge in [0, 0.05) is 5.56 Å². The molecule has 0 bridgehead atoms. The smallest absolute Gasteiger partial charge is 0.276 e. The summed E-state index contributed by atoms with van der Waals surface area (Å²) < 4.78 is 0. The molecule has 0 spiro atoms. The molecule has 1 amide bonds. The van der Waals surface area contributed by atoms with Crippen LogP contribution in [0.2, 0.25) is 0 Å². The van der Waals surface area contributed by atoms with Gasteiger partial charge in [0.2, 0.25) is 0 Å². The standard InChI is InChI=1S/C20H29N3O/c1-19(2,3)16-8-6-15(7-9-16)12-23(5)13-18(24)22-20(4,14-21)17-10-11-17/h6-9,17H,10-13H2,1-5H3,(H,22,24)/p+1/t20-/m1/s1. The molecule has 2 rings (SSSR count). The Labute approximate surface area is 145 Å². The highest BCUT2D eigenvalue weighted by atomic mass is 16.2. The van der Waals surface area contributed by atoms with Crippen molar-refractivity contribution in [2.75, 3.05) is 13.6 Å². The molecule has 1 aliphatic rings. The number of benzene rings is 1. The van der Waals surface area contributed by atoms with Gasteiger partial charge in [-0.25, -0.2) is 0 Å². The Kier molecular flexibility index (Phi) is 5.35. The molecule has 1 aromatic carbocycles. The van der Waals surface area contributed by atoms with Gasteiger partial charge in [0.1, 0.15) is 12.1 Å². The van der Waals surface area contributed by atoms with Crippen LogP contribution in [0.15, 0.2) is 24.3 Å². The fourth-order valence-corrected chi connectivity index (χ4v) is 3.02. The summed E-state index contributed by atoms with van der Waals surface area (Å²) >= 11 is 0. The van der Waals surface area contributed by atoms with Crippen LogP contribution in [0, 0.1) is 17.2 Å².